The zero-order valence-corrected chi connectivity index (χ0v) is 15.6. The number of aromatic hydroxyl groups is 1. The molecule has 1 aliphatic heterocycles. The smallest absolute Gasteiger partial charge is 0.380 e. The van der Waals surface area contributed by atoms with E-state index in [0.717, 1.165) is 11.1 Å². The second-order valence-corrected chi connectivity index (χ2v) is 7.96. The van der Waals surface area contributed by atoms with Crippen LogP contribution in [0.5, 0.6) is 5.75 Å². The molecule has 4 rings (SSSR count). The first-order valence-corrected chi connectivity index (χ1v) is 8.90. The fourth-order valence-corrected chi connectivity index (χ4v) is 3.57. The molecule has 0 unspecified atom stereocenters. The van der Waals surface area contributed by atoms with E-state index in [9.17, 15) is 14.7 Å². The van der Waals surface area contributed by atoms with E-state index in [1.807, 2.05) is 4.57 Å². The van der Waals surface area contributed by atoms with E-state index >= 15 is 0 Å². The minimum absolute atomic E-state index is 0.0510. The molecule has 1 N–H and O–H groups in total. The van der Waals surface area contributed by atoms with Crippen LogP contribution in [0.15, 0.2) is 42.5 Å². The van der Waals surface area contributed by atoms with Gasteiger partial charge in [0.25, 0.3) is 5.78 Å². The zero-order valence-electron chi connectivity index (χ0n) is 15.6. The third-order valence-corrected chi connectivity index (χ3v) is 5.07. The van der Waals surface area contributed by atoms with E-state index < -0.39 is 11.8 Å². The molecule has 0 amide bonds. The number of hydrogen-bond donors (Lipinski definition) is 1. The van der Waals surface area contributed by atoms with Crippen molar-refractivity contribution in [3.63, 3.8) is 0 Å². The van der Waals surface area contributed by atoms with Crippen LogP contribution in [0.1, 0.15) is 48.0 Å². The van der Waals surface area contributed by atoms with E-state index in [0.29, 0.717) is 23.2 Å². The molecule has 1 aromatic heterocycles. The number of Topliss-reactive ketones (excluding diaryl/α,β-unsaturated/α-hetero) is 1. The topological polar surface area (TPSA) is 68.5 Å². The van der Waals surface area contributed by atoms with Crippen molar-refractivity contribution in [2.24, 2.45) is 0 Å². The minimum atomic E-state index is -0.848. The van der Waals surface area contributed by atoms with Crippen LogP contribution in [-0.2, 0) is 28.1 Å². The van der Waals surface area contributed by atoms with Gasteiger partial charge in [-0.3, -0.25) is 4.79 Å². The Morgan fingerprint density at radius 2 is 1.78 bits per heavy atom. The van der Waals surface area contributed by atoms with Gasteiger partial charge < -0.3 is 14.4 Å². The number of carbonyl (C=O) groups is 2. The second-order valence-electron chi connectivity index (χ2n) is 7.96. The van der Waals surface area contributed by atoms with E-state index in [1.165, 1.54) is 11.6 Å². The maximum Gasteiger partial charge on any atom is 0.380 e. The van der Waals surface area contributed by atoms with Crippen LogP contribution in [-0.4, -0.2) is 21.4 Å². The summed E-state index contributed by atoms with van der Waals surface area (Å²) in [5.74, 6) is -1.45. The summed E-state index contributed by atoms with van der Waals surface area (Å²) in [4.78, 5) is 24.1. The highest BCUT2D eigenvalue weighted by atomic mass is 16.5. The van der Waals surface area contributed by atoms with Crippen LogP contribution in [0, 0.1) is 0 Å². The van der Waals surface area contributed by atoms with Crippen molar-refractivity contribution in [3.8, 4) is 5.75 Å². The van der Waals surface area contributed by atoms with E-state index in [4.69, 9.17) is 4.74 Å². The molecule has 27 heavy (non-hydrogen) atoms. The Morgan fingerprint density at radius 3 is 2.44 bits per heavy atom. The number of phenolic OH excluding ortho intramolecular Hbond substituents is 1. The largest absolute Gasteiger partial charge is 0.508 e. The van der Waals surface area contributed by atoms with E-state index in [2.05, 4.69) is 45.0 Å². The predicted molar refractivity (Wildman–Crippen MR) is 102 cm³/mol. The number of benzene rings is 2. The SMILES string of the molecule is CC(C)(C)c1ccc(Cn2c3c(c4cc(O)ccc42)C(=O)C(=O)OC3)cc1. The molecule has 0 saturated heterocycles. The van der Waals surface area contributed by atoms with Crippen molar-refractivity contribution in [1.82, 2.24) is 4.57 Å². The average molecular weight is 363 g/mol. The quantitative estimate of drug-likeness (QED) is 0.553. The Balaban J connectivity index is 1.83. The van der Waals surface area contributed by atoms with Crippen LogP contribution >= 0.6 is 0 Å². The first-order valence-electron chi connectivity index (χ1n) is 8.90. The standard InChI is InChI=1S/C22H21NO4/c1-22(2,3)14-6-4-13(5-7-14)11-23-17-9-8-15(24)10-16(17)19-18(23)12-27-21(26)20(19)25/h4-10,24H,11-12H2,1-3H3. The van der Waals surface area contributed by atoms with Crippen molar-refractivity contribution < 1.29 is 19.4 Å². The molecule has 0 fully saturated rings. The molecular formula is C22H21NO4. The number of carbonyl (C=O) groups excluding carboxylic acids is 2. The number of cyclic esters (lactones) is 1. The molecule has 2 heterocycles. The van der Waals surface area contributed by atoms with Gasteiger partial charge in [-0.15, -0.1) is 0 Å². The summed E-state index contributed by atoms with van der Waals surface area (Å²) in [6.07, 6.45) is 0. The molecule has 0 aliphatic carbocycles. The van der Waals surface area contributed by atoms with E-state index in [1.54, 1.807) is 12.1 Å². The van der Waals surface area contributed by atoms with Crippen molar-refractivity contribution >= 4 is 22.7 Å². The van der Waals surface area contributed by atoms with Gasteiger partial charge in [0.05, 0.1) is 11.3 Å². The number of nitrogens with zero attached hydrogens (tertiary/aromatic N) is 1. The van der Waals surface area contributed by atoms with Gasteiger partial charge in [0.1, 0.15) is 12.4 Å². The monoisotopic (exact) mass is 363 g/mol. The number of hydrogen-bond acceptors (Lipinski definition) is 4. The van der Waals surface area contributed by atoms with Crippen LogP contribution in [0.25, 0.3) is 10.9 Å². The number of fused-ring (bicyclic) bond motifs is 3. The molecule has 5 nitrogen and oxygen atoms in total. The maximum atomic E-state index is 12.4. The molecular weight excluding hydrogens is 342 g/mol. The number of ether oxygens (including phenoxy) is 1. The minimum Gasteiger partial charge on any atom is -0.508 e. The molecule has 0 atom stereocenters. The molecule has 3 aromatic rings. The molecule has 0 radical (unpaired) electrons. The summed E-state index contributed by atoms with van der Waals surface area (Å²) >= 11 is 0. The van der Waals surface area contributed by atoms with Crippen molar-refractivity contribution in [3.05, 3.63) is 64.8 Å². The van der Waals surface area contributed by atoms with Gasteiger partial charge in [-0.05, 0) is 34.7 Å². The Kier molecular flexibility index (Phi) is 3.84. The normalized spacial score (nSPS) is 14.3. The molecule has 0 spiro atoms. The van der Waals surface area contributed by atoms with Crippen molar-refractivity contribution in [1.29, 1.82) is 0 Å². The number of phenols is 1. The van der Waals surface area contributed by atoms with Gasteiger partial charge in [-0.25, -0.2) is 4.79 Å². The van der Waals surface area contributed by atoms with Crippen LogP contribution < -0.4 is 0 Å². The summed E-state index contributed by atoms with van der Waals surface area (Å²) < 4.78 is 7.03. The number of ketones is 1. The van der Waals surface area contributed by atoms with Gasteiger partial charge in [0, 0.05) is 17.4 Å². The lowest BCUT2D eigenvalue weighted by molar-refractivity contribution is -0.140. The lowest BCUT2D eigenvalue weighted by Gasteiger charge is -2.20. The van der Waals surface area contributed by atoms with Crippen LogP contribution in [0.4, 0.5) is 0 Å². The average Bonchev–Trinajstić information content (AvgIpc) is 2.91. The summed E-state index contributed by atoms with van der Waals surface area (Å²) in [5.41, 5.74) is 4.21. The van der Waals surface area contributed by atoms with Crippen LogP contribution in [0.3, 0.4) is 0 Å². The zero-order chi connectivity index (χ0) is 19.3. The highest BCUT2D eigenvalue weighted by Gasteiger charge is 2.33. The first kappa shape index (κ1) is 17.3. The molecule has 2 aromatic carbocycles. The molecule has 1 aliphatic rings. The lowest BCUT2D eigenvalue weighted by atomic mass is 9.87. The van der Waals surface area contributed by atoms with Crippen molar-refractivity contribution in [2.75, 3.05) is 0 Å². The Bertz CT molecular complexity index is 1070. The summed E-state index contributed by atoms with van der Waals surface area (Å²) in [7, 11) is 0. The highest BCUT2D eigenvalue weighted by Crippen LogP contribution is 2.33. The first-order chi connectivity index (χ1) is 12.8. The fourth-order valence-electron chi connectivity index (χ4n) is 3.57. The molecule has 0 bridgehead atoms. The van der Waals surface area contributed by atoms with Crippen molar-refractivity contribution in [2.45, 2.75) is 39.3 Å². The fraction of sp³-hybridized carbons (Fsp3) is 0.273. The molecule has 5 heteroatoms. The van der Waals surface area contributed by atoms with E-state index in [-0.39, 0.29) is 17.8 Å². The van der Waals surface area contributed by atoms with Gasteiger partial charge in [-0.2, -0.15) is 0 Å². The lowest BCUT2D eigenvalue weighted by Crippen LogP contribution is -2.25. The van der Waals surface area contributed by atoms with Gasteiger partial charge in [0.2, 0.25) is 0 Å². The number of aromatic nitrogens is 1. The third kappa shape index (κ3) is 2.89. The maximum absolute atomic E-state index is 12.4. The molecule has 0 saturated carbocycles. The second kappa shape index (κ2) is 5.98. The van der Waals surface area contributed by atoms with Crippen LogP contribution in [0.2, 0.25) is 0 Å². The Morgan fingerprint density at radius 1 is 1.07 bits per heavy atom. The Hall–Kier alpha value is -3.08. The van der Waals surface area contributed by atoms with Gasteiger partial charge >= 0.3 is 5.97 Å². The number of rotatable bonds is 2. The predicted octanol–water partition coefficient (Wildman–Crippen LogP) is 3.93. The highest BCUT2D eigenvalue weighted by molar-refractivity contribution is 6.44. The third-order valence-electron chi connectivity index (χ3n) is 5.07. The van der Waals surface area contributed by atoms with Gasteiger partial charge in [0.15, 0.2) is 0 Å². The Labute approximate surface area is 157 Å². The molecule has 138 valence electrons. The number of esters is 1. The summed E-state index contributed by atoms with van der Waals surface area (Å²) in [6, 6.07) is 13.3. The summed E-state index contributed by atoms with van der Waals surface area (Å²) in [6.45, 7) is 7.11. The van der Waals surface area contributed by atoms with Gasteiger partial charge in [-0.1, -0.05) is 45.0 Å². The summed E-state index contributed by atoms with van der Waals surface area (Å²) in [5, 5.41) is 10.4.